The van der Waals surface area contributed by atoms with Crippen molar-refractivity contribution in [1.29, 1.82) is 0 Å². The van der Waals surface area contributed by atoms with Crippen molar-refractivity contribution in [3.05, 3.63) is 58.0 Å². The molecule has 0 N–H and O–H groups in total. The number of hydrogen-bond donors (Lipinski definition) is 0. The quantitative estimate of drug-likeness (QED) is 0.637. The molecule has 0 saturated carbocycles. The van der Waals surface area contributed by atoms with Crippen molar-refractivity contribution in [2.24, 2.45) is 0 Å². The van der Waals surface area contributed by atoms with Crippen LogP contribution in [-0.2, 0) is 9.59 Å². The van der Waals surface area contributed by atoms with Crippen LogP contribution in [0.5, 0.6) is 0 Å². The number of carbonyl (C=O) groups is 2. The molecule has 0 bridgehead atoms. The van der Waals surface area contributed by atoms with Gasteiger partial charge in [0.05, 0.1) is 0 Å². The molecular formula is C22H29NO2. The lowest BCUT2D eigenvalue weighted by molar-refractivity contribution is -0.116. The highest BCUT2D eigenvalue weighted by Gasteiger charge is 2.27. The van der Waals surface area contributed by atoms with E-state index in [2.05, 4.69) is 30.6 Å². The number of nitrogens with zero attached hydrogens (tertiary/aromatic N) is 1. The van der Waals surface area contributed by atoms with Crippen LogP contribution in [0.3, 0.4) is 0 Å². The van der Waals surface area contributed by atoms with Crippen LogP contribution in [0.25, 0.3) is 0 Å². The second kappa shape index (κ2) is 7.81. The van der Waals surface area contributed by atoms with Crippen molar-refractivity contribution in [1.82, 2.24) is 4.90 Å². The summed E-state index contributed by atoms with van der Waals surface area (Å²) in [7, 11) is 0. The molecule has 0 saturated heterocycles. The average Bonchev–Trinajstić information content (AvgIpc) is 2.58. The number of allylic oxidation sites excluding steroid dienone is 8. The fraction of sp³-hybridized carbons (Fsp3) is 0.455. The van der Waals surface area contributed by atoms with E-state index >= 15 is 0 Å². The van der Waals surface area contributed by atoms with Crippen LogP contribution in [-0.4, -0.2) is 23.0 Å². The summed E-state index contributed by atoms with van der Waals surface area (Å²) in [6, 6.07) is 0. The first-order chi connectivity index (χ1) is 11.8. The van der Waals surface area contributed by atoms with Gasteiger partial charge in [0.2, 0.25) is 0 Å². The highest BCUT2D eigenvalue weighted by Crippen LogP contribution is 2.28. The Hall–Kier alpha value is -2.16. The molecule has 2 aliphatic carbocycles. The van der Waals surface area contributed by atoms with Gasteiger partial charge in [0.15, 0.2) is 11.6 Å². The summed E-state index contributed by atoms with van der Waals surface area (Å²) in [5.41, 5.74) is 6.08. The molecule has 0 aromatic rings. The normalized spacial score (nSPS) is 18.4. The Bertz CT molecular complexity index is 744. The molecule has 25 heavy (non-hydrogen) atoms. The second-order valence-electron chi connectivity index (χ2n) is 7.11. The average molecular weight is 339 g/mol. The maximum Gasteiger partial charge on any atom is 0.185 e. The summed E-state index contributed by atoms with van der Waals surface area (Å²) in [5, 5.41) is 0. The van der Waals surface area contributed by atoms with Gasteiger partial charge in [-0.2, -0.15) is 0 Å². The first kappa shape index (κ1) is 19.2. The Morgan fingerprint density at radius 2 is 1.72 bits per heavy atom. The van der Waals surface area contributed by atoms with Gasteiger partial charge in [-0.3, -0.25) is 9.59 Å². The Morgan fingerprint density at radius 1 is 1.08 bits per heavy atom. The highest BCUT2D eigenvalue weighted by atomic mass is 16.1. The third-order valence-electron chi connectivity index (χ3n) is 5.27. The Labute approximate surface area is 151 Å². The lowest BCUT2D eigenvalue weighted by Crippen LogP contribution is -2.25. The molecule has 0 radical (unpaired) electrons. The second-order valence-corrected chi connectivity index (χ2v) is 7.11. The number of hydrogen-bond acceptors (Lipinski definition) is 3. The lowest BCUT2D eigenvalue weighted by atomic mass is 9.84. The van der Waals surface area contributed by atoms with Crippen LogP contribution < -0.4 is 0 Å². The Kier molecular flexibility index (Phi) is 5.99. The van der Waals surface area contributed by atoms with Gasteiger partial charge in [0.1, 0.15) is 0 Å². The Balaban J connectivity index is 2.11. The minimum Gasteiger partial charge on any atom is -0.346 e. The summed E-state index contributed by atoms with van der Waals surface area (Å²) in [4.78, 5) is 27.0. The summed E-state index contributed by atoms with van der Waals surface area (Å²) in [6.07, 6.45) is 7.98. The topological polar surface area (TPSA) is 37.4 Å². The molecule has 0 fully saturated rings. The van der Waals surface area contributed by atoms with Gasteiger partial charge in [-0.15, -0.1) is 0 Å². The zero-order valence-electron chi connectivity index (χ0n) is 16.2. The molecule has 134 valence electrons. The summed E-state index contributed by atoms with van der Waals surface area (Å²) >= 11 is 0. The van der Waals surface area contributed by atoms with Crippen LogP contribution in [0.4, 0.5) is 0 Å². The zero-order valence-corrected chi connectivity index (χ0v) is 16.2. The summed E-state index contributed by atoms with van der Waals surface area (Å²) < 4.78 is 0. The maximum atomic E-state index is 12.5. The third kappa shape index (κ3) is 3.92. The first-order valence-corrected chi connectivity index (χ1v) is 9.01. The molecule has 0 amide bonds. The van der Waals surface area contributed by atoms with E-state index in [-0.39, 0.29) is 11.6 Å². The van der Waals surface area contributed by atoms with Crippen molar-refractivity contribution in [3.63, 3.8) is 0 Å². The van der Waals surface area contributed by atoms with Crippen molar-refractivity contribution in [2.75, 3.05) is 6.54 Å². The summed E-state index contributed by atoms with van der Waals surface area (Å²) in [5.74, 6) is 0.0436. The zero-order chi connectivity index (χ0) is 18.7. The molecular weight excluding hydrogens is 310 g/mol. The van der Waals surface area contributed by atoms with Crippen LogP contribution >= 0.6 is 0 Å². The molecule has 0 aromatic heterocycles. The monoisotopic (exact) mass is 339 g/mol. The van der Waals surface area contributed by atoms with Crippen molar-refractivity contribution in [2.45, 2.75) is 60.3 Å². The third-order valence-corrected chi connectivity index (χ3v) is 5.27. The van der Waals surface area contributed by atoms with Crippen molar-refractivity contribution >= 4 is 11.6 Å². The van der Waals surface area contributed by atoms with Crippen LogP contribution in [0.15, 0.2) is 58.0 Å². The van der Waals surface area contributed by atoms with E-state index in [1.165, 1.54) is 11.3 Å². The molecule has 3 nitrogen and oxygen atoms in total. The molecule has 3 heteroatoms. The minimum absolute atomic E-state index is 0.0117. The van der Waals surface area contributed by atoms with E-state index < -0.39 is 0 Å². The van der Waals surface area contributed by atoms with Gasteiger partial charge in [0, 0.05) is 40.2 Å². The maximum absolute atomic E-state index is 12.5. The molecule has 0 atom stereocenters. The van der Waals surface area contributed by atoms with E-state index in [4.69, 9.17) is 0 Å². The van der Waals surface area contributed by atoms with Crippen LogP contribution in [0, 0.1) is 0 Å². The largest absolute Gasteiger partial charge is 0.346 e. The van der Waals surface area contributed by atoms with E-state index in [9.17, 15) is 9.59 Å². The fourth-order valence-corrected chi connectivity index (χ4v) is 3.47. The molecule has 2 aliphatic rings. The van der Waals surface area contributed by atoms with Crippen LogP contribution in [0.1, 0.15) is 60.3 Å². The van der Waals surface area contributed by atoms with Gasteiger partial charge in [-0.1, -0.05) is 12.7 Å². The number of rotatable bonds is 6. The SMILES string of the molecule is C=C(C)N(CCCC1=C(C)C(=O)C(C)=C(C)C1=O)C1=C(C)CCC=C1. The molecule has 0 aliphatic heterocycles. The van der Waals surface area contributed by atoms with E-state index in [0.717, 1.165) is 31.5 Å². The van der Waals surface area contributed by atoms with Crippen LogP contribution in [0.2, 0.25) is 0 Å². The van der Waals surface area contributed by atoms with Crippen molar-refractivity contribution in [3.8, 4) is 0 Å². The predicted molar refractivity (Wildman–Crippen MR) is 103 cm³/mol. The van der Waals surface area contributed by atoms with Crippen molar-refractivity contribution < 1.29 is 9.59 Å². The van der Waals surface area contributed by atoms with Gasteiger partial charge < -0.3 is 4.90 Å². The predicted octanol–water partition coefficient (Wildman–Crippen LogP) is 5.03. The van der Waals surface area contributed by atoms with E-state index in [0.29, 0.717) is 28.7 Å². The fourth-order valence-electron chi connectivity index (χ4n) is 3.47. The molecule has 0 heterocycles. The van der Waals surface area contributed by atoms with Gasteiger partial charge in [0.25, 0.3) is 0 Å². The minimum atomic E-state index is 0.0117. The number of carbonyl (C=O) groups excluding carboxylic acids is 2. The molecule has 0 unspecified atom stereocenters. The number of Topliss-reactive ketones (excluding diaryl/α,β-unsaturated/α-hetero) is 2. The molecule has 2 rings (SSSR count). The highest BCUT2D eigenvalue weighted by molar-refractivity contribution is 6.24. The van der Waals surface area contributed by atoms with Gasteiger partial charge in [-0.25, -0.2) is 0 Å². The van der Waals surface area contributed by atoms with E-state index in [1.54, 1.807) is 20.8 Å². The number of ketones is 2. The summed E-state index contributed by atoms with van der Waals surface area (Å²) in [6.45, 7) is 14.4. The standard InChI is InChI=1S/C22H29NO2/c1-14(2)23(20-12-8-7-10-15(20)3)13-9-11-19-18(6)21(24)16(4)17(5)22(19)25/h8,12H,1,7,9-11,13H2,2-6H3. The Morgan fingerprint density at radius 3 is 2.32 bits per heavy atom. The molecule has 0 spiro atoms. The van der Waals surface area contributed by atoms with Gasteiger partial charge in [-0.05, 0) is 72.0 Å². The van der Waals surface area contributed by atoms with Gasteiger partial charge >= 0.3 is 0 Å². The van der Waals surface area contributed by atoms with E-state index in [1.807, 2.05) is 6.92 Å². The smallest absolute Gasteiger partial charge is 0.185 e. The first-order valence-electron chi connectivity index (χ1n) is 9.01. The molecule has 0 aromatic carbocycles. The lowest BCUT2D eigenvalue weighted by Gasteiger charge is -2.29.